The van der Waals surface area contributed by atoms with Crippen molar-refractivity contribution in [2.75, 3.05) is 5.32 Å². The Bertz CT molecular complexity index is 442. The highest BCUT2D eigenvalue weighted by Crippen LogP contribution is 2.24. The zero-order valence-corrected chi connectivity index (χ0v) is 10.2. The summed E-state index contributed by atoms with van der Waals surface area (Å²) in [6, 6.07) is 4.97. The van der Waals surface area contributed by atoms with Crippen molar-refractivity contribution < 1.29 is 9.18 Å². The molecule has 1 fully saturated rings. The van der Waals surface area contributed by atoms with Gasteiger partial charge in [-0.1, -0.05) is 6.07 Å². The number of hydrogen-bond donors (Lipinski definition) is 3. The van der Waals surface area contributed by atoms with Gasteiger partial charge in [0.1, 0.15) is 5.82 Å². The zero-order chi connectivity index (χ0) is 13.1. The number of nitrogens with one attached hydrogen (secondary N) is 1. The van der Waals surface area contributed by atoms with E-state index in [1.54, 1.807) is 12.1 Å². The SMILES string of the molecule is NC(=O)c1c(F)cccc1NC1CCC(N)CC1. The van der Waals surface area contributed by atoms with Gasteiger partial charge in [-0.15, -0.1) is 0 Å². The topological polar surface area (TPSA) is 81.1 Å². The molecule has 18 heavy (non-hydrogen) atoms. The molecule has 0 aromatic heterocycles. The number of carbonyl (C=O) groups excluding carboxylic acids is 1. The van der Waals surface area contributed by atoms with Gasteiger partial charge in [0.25, 0.3) is 5.91 Å². The molecule has 1 saturated carbocycles. The lowest BCUT2D eigenvalue weighted by Gasteiger charge is -2.28. The number of benzene rings is 1. The summed E-state index contributed by atoms with van der Waals surface area (Å²) in [4.78, 5) is 11.3. The van der Waals surface area contributed by atoms with Crippen LogP contribution in [0.2, 0.25) is 0 Å². The summed E-state index contributed by atoms with van der Waals surface area (Å²) in [5.74, 6) is -1.33. The first-order valence-corrected chi connectivity index (χ1v) is 6.18. The molecule has 2 rings (SSSR count). The summed E-state index contributed by atoms with van der Waals surface area (Å²) < 4.78 is 13.6. The second kappa shape index (κ2) is 5.35. The third-order valence-electron chi connectivity index (χ3n) is 3.39. The van der Waals surface area contributed by atoms with Crippen molar-refractivity contribution in [1.29, 1.82) is 0 Å². The standard InChI is InChI=1S/C13H18FN3O/c14-10-2-1-3-11(12(10)13(16)18)17-9-6-4-8(15)5-7-9/h1-3,8-9,17H,4-7,15H2,(H2,16,18). The maximum atomic E-state index is 13.6. The van der Waals surface area contributed by atoms with Crippen LogP contribution in [0.4, 0.5) is 10.1 Å². The Morgan fingerprint density at radius 2 is 1.94 bits per heavy atom. The van der Waals surface area contributed by atoms with Gasteiger partial charge in [-0.05, 0) is 37.8 Å². The molecule has 1 amide bonds. The van der Waals surface area contributed by atoms with Gasteiger partial charge in [0.2, 0.25) is 0 Å². The van der Waals surface area contributed by atoms with Crippen molar-refractivity contribution in [3.05, 3.63) is 29.6 Å². The fourth-order valence-corrected chi connectivity index (χ4v) is 2.38. The molecule has 0 spiro atoms. The first kappa shape index (κ1) is 12.8. The van der Waals surface area contributed by atoms with E-state index in [0.29, 0.717) is 5.69 Å². The van der Waals surface area contributed by atoms with Gasteiger partial charge in [0.15, 0.2) is 0 Å². The number of nitrogens with two attached hydrogens (primary N) is 2. The average molecular weight is 251 g/mol. The minimum atomic E-state index is -0.747. The maximum absolute atomic E-state index is 13.6. The molecular formula is C13H18FN3O. The third kappa shape index (κ3) is 2.79. The van der Waals surface area contributed by atoms with E-state index in [1.807, 2.05) is 0 Å². The van der Waals surface area contributed by atoms with Gasteiger partial charge in [-0.3, -0.25) is 4.79 Å². The summed E-state index contributed by atoms with van der Waals surface area (Å²) in [7, 11) is 0. The third-order valence-corrected chi connectivity index (χ3v) is 3.39. The van der Waals surface area contributed by atoms with E-state index in [0.717, 1.165) is 25.7 Å². The highest BCUT2D eigenvalue weighted by atomic mass is 19.1. The lowest BCUT2D eigenvalue weighted by molar-refractivity contribution is 0.0997. The molecule has 0 heterocycles. The molecule has 0 saturated heterocycles. The fraction of sp³-hybridized carbons (Fsp3) is 0.462. The quantitative estimate of drug-likeness (QED) is 0.763. The van der Waals surface area contributed by atoms with E-state index in [9.17, 15) is 9.18 Å². The summed E-state index contributed by atoms with van der Waals surface area (Å²) >= 11 is 0. The normalized spacial score (nSPS) is 23.7. The van der Waals surface area contributed by atoms with Crippen LogP contribution in [0, 0.1) is 5.82 Å². The highest BCUT2D eigenvalue weighted by molar-refractivity contribution is 5.98. The minimum Gasteiger partial charge on any atom is -0.382 e. The number of halogens is 1. The molecule has 0 radical (unpaired) electrons. The Balaban J connectivity index is 2.14. The van der Waals surface area contributed by atoms with Crippen LogP contribution < -0.4 is 16.8 Å². The molecular weight excluding hydrogens is 233 g/mol. The van der Waals surface area contributed by atoms with E-state index < -0.39 is 11.7 Å². The Kier molecular flexibility index (Phi) is 3.81. The molecule has 1 aliphatic carbocycles. The highest BCUT2D eigenvalue weighted by Gasteiger charge is 2.21. The molecule has 0 bridgehead atoms. The Hall–Kier alpha value is -1.62. The molecule has 5 N–H and O–H groups in total. The van der Waals surface area contributed by atoms with Crippen molar-refractivity contribution in [3.8, 4) is 0 Å². The molecule has 1 aromatic rings. The van der Waals surface area contributed by atoms with Crippen LogP contribution in [-0.2, 0) is 0 Å². The lowest BCUT2D eigenvalue weighted by atomic mass is 9.91. The van der Waals surface area contributed by atoms with Crippen LogP contribution in [0.5, 0.6) is 0 Å². The summed E-state index contributed by atoms with van der Waals surface area (Å²) in [6.07, 6.45) is 3.74. The van der Waals surface area contributed by atoms with Crippen molar-refractivity contribution in [2.24, 2.45) is 11.5 Å². The van der Waals surface area contributed by atoms with Gasteiger partial charge in [0, 0.05) is 12.1 Å². The van der Waals surface area contributed by atoms with Gasteiger partial charge in [-0.25, -0.2) is 4.39 Å². The van der Waals surface area contributed by atoms with Crippen molar-refractivity contribution in [1.82, 2.24) is 0 Å². The molecule has 4 nitrogen and oxygen atoms in total. The van der Waals surface area contributed by atoms with E-state index in [4.69, 9.17) is 11.5 Å². The molecule has 0 unspecified atom stereocenters. The number of rotatable bonds is 3. The number of anilines is 1. The smallest absolute Gasteiger partial charge is 0.253 e. The van der Waals surface area contributed by atoms with Crippen LogP contribution in [0.3, 0.4) is 0 Å². The predicted octanol–water partition coefficient (Wildman–Crippen LogP) is 1.61. The van der Waals surface area contributed by atoms with Crippen molar-refractivity contribution in [2.45, 2.75) is 37.8 Å². The van der Waals surface area contributed by atoms with Crippen LogP contribution in [0.15, 0.2) is 18.2 Å². The minimum absolute atomic E-state index is 0.0626. The molecule has 1 aromatic carbocycles. The van der Waals surface area contributed by atoms with Gasteiger partial charge >= 0.3 is 0 Å². The number of primary amides is 1. The molecule has 0 atom stereocenters. The summed E-state index contributed by atoms with van der Waals surface area (Å²) in [6.45, 7) is 0. The second-order valence-electron chi connectivity index (χ2n) is 4.78. The van der Waals surface area contributed by atoms with E-state index in [1.165, 1.54) is 6.07 Å². The van der Waals surface area contributed by atoms with Crippen LogP contribution in [0.25, 0.3) is 0 Å². The van der Waals surface area contributed by atoms with Crippen LogP contribution >= 0.6 is 0 Å². The molecule has 1 aliphatic rings. The Morgan fingerprint density at radius 3 is 2.56 bits per heavy atom. The van der Waals surface area contributed by atoms with Gasteiger partial charge in [-0.2, -0.15) is 0 Å². The second-order valence-corrected chi connectivity index (χ2v) is 4.78. The number of hydrogen-bond acceptors (Lipinski definition) is 3. The van der Waals surface area contributed by atoms with Crippen LogP contribution in [0.1, 0.15) is 36.0 Å². The van der Waals surface area contributed by atoms with Crippen LogP contribution in [-0.4, -0.2) is 18.0 Å². The lowest BCUT2D eigenvalue weighted by Crippen LogP contribution is -2.33. The van der Waals surface area contributed by atoms with Gasteiger partial charge < -0.3 is 16.8 Å². The van der Waals surface area contributed by atoms with E-state index in [2.05, 4.69) is 5.32 Å². The first-order valence-electron chi connectivity index (χ1n) is 6.18. The van der Waals surface area contributed by atoms with E-state index >= 15 is 0 Å². The zero-order valence-electron chi connectivity index (χ0n) is 10.2. The van der Waals surface area contributed by atoms with Crippen molar-refractivity contribution in [3.63, 3.8) is 0 Å². The van der Waals surface area contributed by atoms with Gasteiger partial charge in [0.05, 0.1) is 11.3 Å². The summed E-state index contributed by atoms with van der Waals surface area (Å²) in [5.41, 5.74) is 11.4. The molecule has 0 aliphatic heterocycles. The number of amides is 1. The Morgan fingerprint density at radius 1 is 1.28 bits per heavy atom. The van der Waals surface area contributed by atoms with Crippen molar-refractivity contribution >= 4 is 11.6 Å². The fourth-order valence-electron chi connectivity index (χ4n) is 2.38. The average Bonchev–Trinajstić information content (AvgIpc) is 2.32. The Labute approximate surface area is 106 Å². The maximum Gasteiger partial charge on any atom is 0.253 e. The molecule has 98 valence electrons. The largest absolute Gasteiger partial charge is 0.382 e. The monoisotopic (exact) mass is 251 g/mol. The summed E-state index contributed by atoms with van der Waals surface area (Å²) in [5, 5.41) is 3.20. The first-order chi connectivity index (χ1) is 8.58. The number of carbonyl (C=O) groups is 1. The predicted molar refractivity (Wildman–Crippen MR) is 68.8 cm³/mol. The molecule has 5 heteroatoms. The van der Waals surface area contributed by atoms with E-state index in [-0.39, 0.29) is 17.6 Å².